The minimum absolute atomic E-state index is 0.774. The number of aliphatic imine (C=N–C) groups is 1. The van der Waals surface area contributed by atoms with Gasteiger partial charge in [-0.15, -0.1) is 0 Å². The van der Waals surface area contributed by atoms with E-state index in [9.17, 15) is 0 Å². The number of benzene rings is 1. The number of nitrogens with one attached hydrogen (secondary N) is 2. The van der Waals surface area contributed by atoms with E-state index in [0.717, 1.165) is 57.7 Å². The van der Waals surface area contributed by atoms with Gasteiger partial charge in [0.25, 0.3) is 0 Å². The van der Waals surface area contributed by atoms with E-state index in [1.807, 2.05) is 24.3 Å². The summed E-state index contributed by atoms with van der Waals surface area (Å²) in [5.74, 6) is 1.67. The molecular weight excluding hydrogens is 326 g/mol. The summed E-state index contributed by atoms with van der Waals surface area (Å²) in [5.41, 5.74) is 1.25. The topological polar surface area (TPSA) is 68.7 Å². The zero-order valence-corrected chi connectivity index (χ0v) is 15.3. The van der Waals surface area contributed by atoms with E-state index in [0.29, 0.717) is 0 Å². The summed E-state index contributed by atoms with van der Waals surface area (Å²) in [4.78, 5) is 17.6. The number of hydrogen-bond acceptors (Lipinski definition) is 5. The van der Waals surface area contributed by atoms with Gasteiger partial charge in [0.1, 0.15) is 0 Å². The molecule has 1 fully saturated rings. The highest BCUT2D eigenvalue weighted by Gasteiger charge is 2.18. The Labute approximate surface area is 155 Å². The smallest absolute Gasteiger partial charge is 0.225 e. The lowest BCUT2D eigenvalue weighted by Crippen LogP contribution is -2.49. The first-order valence-corrected chi connectivity index (χ1v) is 9.08. The standard InChI is InChI=1S/C19H27N7/c1-20-18(24-16-17-6-3-2-4-7-17)21-10-11-25-12-14-26(15-13-25)19-22-8-5-9-23-19/h2-9H,10-16H2,1H3,(H2,20,21,24). The van der Waals surface area contributed by atoms with Crippen LogP contribution in [0, 0.1) is 0 Å². The van der Waals surface area contributed by atoms with Crippen LogP contribution in [0.3, 0.4) is 0 Å². The number of hydrogen-bond donors (Lipinski definition) is 2. The Bertz CT molecular complexity index is 667. The van der Waals surface area contributed by atoms with Gasteiger partial charge in [-0.1, -0.05) is 30.3 Å². The van der Waals surface area contributed by atoms with E-state index in [1.54, 1.807) is 19.4 Å². The Morgan fingerprint density at radius 3 is 2.42 bits per heavy atom. The van der Waals surface area contributed by atoms with Crippen LogP contribution in [-0.4, -0.2) is 67.1 Å². The largest absolute Gasteiger partial charge is 0.355 e. The van der Waals surface area contributed by atoms with Crippen LogP contribution < -0.4 is 15.5 Å². The van der Waals surface area contributed by atoms with Crippen LogP contribution in [0.1, 0.15) is 5.56 Å². The normalized spacial score (nSPS) is 15.7. The Hall–Kier alpha value is -2.67. The van der Waals surface area contributed by atoms with Gasteiger partial charge in [-0.05, 0) is 11.6 Å². The molecule has 138 valence electrons. The molecule has 2 aromatic rings. The van der Waals surface area contributed by atoms with Gasteiger partial charge >= 0.3 is 0 Å². The summed E-state index contributed by atoms with van der Waals surface area (Å²) in [7, 11) is 1.80. The summed E-state index contributed by atoms with van der Waals surface area (Å²) in [6, 6.07) is 12.2. The lowest BCUT2D eigenvalue weighted by Gasteiger charge is -2.34. The van der Waals surface area contributed by atoms with Gasteiger partial charge in [-0.25, -0.2) is 9.97 Å². The fourth-order valence-electron chi connectivity index (χ4n) is 2.96. The fourth-order valence-corrected chi connectivity index (χ4v) is 2.96. The van der Waals surface area contributed by atoms with Gasteiger partial charge in [-0.2, -0.15) is 0 Å². The molecule has 1 aromatic heterocycles. The van der Waals surface area contributed by atoms with E-state index in [1.165, 1.54) is 5.56 Å². The minimum atomic E-state index is 0.774. The van der Waals surface area contributed by atoms with E-state index in [-0.39, 0.29) is 0 Å². The van der Waals surface area contributed by atoms with Crippen LogP contribution in [0.2, 0.25) is 0 Å². The van der Waals surface area contributed by atoms with Crippen molar-refractivity contribution in [3.05, 3.63) is 54.4 Å². The monoisotopic (exact) mass is 353 g/mol. The van der Waals surface area contributed by atoms with Crippen molar-refractivity contribution in [2.75, 3.05) is 51.2 Å². The van der Waals surface area contributed by atoms with Crippen molar-refractivity contribution in [2.45, 2.75) is 6.54 Å². The second-order valence-corrected chi connectivity index (χ2v) is 6.22. The summed E-state index contributed by atoms with van der Waals surface area (Å²) in [6.45, 7) is 6.62. The highest BCUT2D eigenvalue weighted by molar-refractivity contribution is 5.79. The molecule has 1 saturated heterocycles. The number of piperazine rings is 1. The van der Waals surface area contributed by atoms with Crippen molar-refractivity contribution < 1.29 is 0 Å². The lowest BCUT2D eigenvalue weighted by atomic mass is 10.2. The highest BCUT2D eigenvalue weighted by Crippen LogP contribution is 2.09. The van der Waals surface area contributed by atoms with Gasteiger partial charge < -0.3 is 15.5 Å². The summed E-state index contributed by atoms with van der Waals surface area (Å²) < 4.78 is 0. The molecule has 0 saturated carbocycles. The molecule has 2 N–H and O–H groups in total. The van der Waals surface area contributed by atoms with E-state index in [2.05, 4.69) is 47.5 Å². The average molecular weight is 353 g/mol. The number of guanidine groups is 1. The quantitative estimate of drug-likeness (QED) is 0.596. The fraction of sp³-hybridized carbons (Fsp3) is 0.421. The van der Waals surface area contributed by atoms with E-state index >= 15 is 0 Å². The number of aromatic nitrogens is 2. The third-order valence-corrected chi connectivity index (χ3v) is 4.45. The molecule has 1 aromatic carbocycles. The van der Waals surface area contributed by atoms with Crippen molar-refractivity contribution >= 4 is 11.9 Å². The van der Waals surface area contributed by atoms with Gasteiger partial charge in [-0.3, -0.25) is 9.89 Å². The van der Waals surface area contributed by atoms with Crippen molar-refractivity contribution in [1.29, 1.82) is 0 Å². The molecule has 2 heterocycles. The molecule has 3 rings (SSSR count). The lowest BCUT2D eigenvalue weighted by molar-refractivity contribution is 0.260. The number of nitrogens with zero attached hydrogens (tertiary/aromatic N) is 5. The molecule has 0 unspecified atom stereocenters. The van der Waals surface area contributed by atoms with Crippen molar-refractivity contribution in [3.63, 3.8) is 0 Å². The minimum Gasteiger partial charge on any atom is -0.355 e. The predicted molar refractivity (Wildman–Crippen MR) is 105 cm³/mol. The second-order valence-electron chi connectivity index (χ2n) is 6.22. The molecule has 1 aliphatic rings. The van der Waals surface area contributed by atoms with E-state index in [4.69, 9.17) is 0 Å². The molecule has 26 heavy (non-hydrogen) atoms. The van der Waals surface area contributed by atoms with Gasteiger partial charge in [0.05, 0.1) is 0 Å². The average Bonchev–Trinajstić information content (AvgIpc) is 2.72. The molecule has 1 aliphatic heterocycles. The molecular formula is C19H27N7. The van der Waals surface area contributed by atoms with Crippen LogP contribution in [0.15, 0.2) is 53.8 Å². The maximum Gasteiger partial charge on any atom is 0.225 e. The van der Waals surface area contributed by atoms with Crippen LogP contribution >= 0.6 is 0 Å². The van der Waals surface area contributed by atoms with Gasteiger partial charge in [0, 0.05) is 65.3 Å². The van der Waals surface area contributed by atoms with Crippen LogP contribution in [0.25, 0.3) is 0 Å². The molecule has 7 heteroatoms. The first-order valence-electron chi connectivity index (χ1n) is 9.08. The highest BCUT2D eigenvalue weighted by atomic mass is 15.3. The van der Waals surface area contributed by atoms with Crippen LogP contribution in [-0.2, 0) is 6.54 Å². The molecule has 0 aliphatic carbocycles. The maximum atomic E-state index is 4.33. The third kappa shape index (κ3) is 5.42. The number of rotatable bonds is 6. The molecule has 0 amide bonds. The van der Waals surface area contributed by atoms with Crippen molar-refractivity contribution in [1.82, 2.24) is 25.5 Å². The summed E-state index contributed by atoms with van der Waals surface area (Å²) in [5, 5.41) is 6.74. The maximum absolute atomic E-state index is 4.33. The van der Waals surface area contributed by atoms with Crippen LogP contribution in [0.5, 0.6) is 0 Å². The van der Waals surface area contributed by atoms with Crippen LogP contribution in [0.4, 0.5) is 5.95 Å². The Morgan fingerprint density at radius 1 is 1.00 bits per heavy atom. The molecule has 0 atom stereocenters. The molecule has 0 spiro atoms. The van der Waals surface area contributed by atoms with Crippen molar-refractivity contribution in [2.24, 2.45) is 4.99 Å². The number of anilines is 1. The Morgan fingerprint density at radius 2 is 1.73 bits per heavy atom. The predicted octanol–water partition coefficient (Wildman–Crippen LogP) is 0.964. The first kappa shape index (κ1) is 18.1. The molecule has 0 bridgehead atoms. The molecule has 0 radical (unpaired) electrons. The van der Waals surface area contributed by atoms with Crippen molar-refractivity contribution in [3.8, 4) is 0 Å². The van der Waals surface area contributed by atoms with E-state index < -0.39 is 0 Å². The Kier molecular flexibility index (Phi) is 6.78. The third-order valence-electron chi connectivity index (χ3n) is 4.45. The zero-order valence-electron chi connectivity index (χ0n) is 15.3. The zero-order chi connectivity index (χ0) is 18.0. The molecule has 7 nitrogen and oxygen atoms in total. The summed E-state index contributed by atoms with van der Waals surface area (Å²) in [6.07, 6.45) is 3.60. The Balaban J connectivity index is 1.34. The first-order chi connectivity index (χ1) is 12.8. The van der Waals surface area contributed by atoms with Gasteiger partial charge in [0.2, 0.25) is 5.95 Å². The second kappa shape index (κ2) is 9.72. The van der Waals surface area contributed by atoms with Gasteiger partial charge in [0.15, 0.2) is 5.96 Å². The SMILES string of the molecule is CN=C(NCCN1CCN(c2ncccn2)CC1)NCc1ccccc1. The summed E-state index contributed by atoms with van der Waals surface area (Å²) >= 11 is 0.